The summed E-state index contributed by atoms with van der Waals surface area (Å²) in [5.74, 6) is 0. The summed E-state index contributed by atoms with van der Waals surface area (Å²) in [6.45, 7) is 18.1. The minimum Gasteiger partial charge on any atom is -0.444 e. The predicted octanol–water partition coefficient (Wildman–Crippen LogP) is 5.37. The molecule has 0 spiro atoms. The molecule has 7 nitrogen and oxygen atoms in total. The first-order chi connectivity index (χ1) is 17.5. The number of benzene rings is 2. The van der Waals surface area contributed by atoms with E-state index in [0.717, 1.165) is 10.4 Å². The van der Waals surface area contributed by atoms with E-state index in [1.54, 1.807) is 0 Å². The lowest BCUT2D eigenvalue weighted by atomic mass is 10.2. The second-order valence-corrected chi connectivity index (χ2v) is 16.8. The molecule has 1 atom stereocenters. The van der Waals surface area contributed by atoms with E-state index in [4.69, 9.17) is 13.9 Å². The molecule has 0 fully saturated rings. The van der Waals surface area contributed by atoms with E-state index in [1.165, 1.54) is 0 Å². The zero-order valence-electron chi connectivity index (χ0n) is 24.5. The molecule has 38 heavy (non-hydrogen) atoms. The molecule has 0 saturated carbocycles. The molecule has 0 bridgehead atoms. The van der Waals surface area contributed by atoms with E-state index in [2.05, 4.69) is 55.7 Å². The summed E-state index contributed by atoms with van der Waals surface area (Å²) in [5, 5.41) is 7.85. The van der Waals surface area contributed by atoms with Gasteiger partial charge in [0, 0.05) is 6.54 Å². The van der Waals surface area contributed by atoms with Gasteiger partial charge in [0.2, 0.25) is 0 Å². The maximum atomic E-state index is 12.7. The molecule has 2 rings (SSSR count). The van der Waals surface area contributed by atoms with Crippen LogP contribution in [0.3, 0.4) is 0 Å². The standard InChI is InChI=1S/C30H46N2O5Si/c1-28(2,3)36-26(33)31-21-20-23(32-27(34)37-29(4,5)6)22-35-38(30(7,8)9,24-16-12-10-13-17-24)25-18-14-11-15-19-25/h10-19,23H,20-22H2,1-9H3,(H,31,33)(H,32,34)/t23-/m0/s1. The Morgan fingerprint density at radius 2 is 1.18 bits per heavy atom. The van der Waals surface area contributed by atoms with Crippen molar-refractivity contribution in [3.05, 3.63) is 60.7 Å². The number of alkyl carbamates (subject to hydrolysis) is 2. The highest BCUT2D eigenvalue weighted by molar-refractivity contribution is 6.99. The fourth-order valence-electron chi connectivity index (χ4n) is 4.32. The van der Waals surface area contributed by atoms with Crippen molar-refractivity contribution in [2.24, 2.45) is 0 Å². The SMILES string of the molecule is CC(C)(C)OC(=O)NCC[C@@H](CO[Si](c1ccccc1)(c1ccccc1)C(C)(C)C)NC(=O)OC(C)(C)C. The van der Waals surface area contributed by atoms with Crippen molar-refractivity contribution in [1.29, 1.82) is 0 Å². The lowest BCUT2D eigenvalue weighted by Gasteiger charge is -2.43. The molecule has 0 aliphatic rings. The van der Waals surface area contributed by atoms with Crippen LogP contribution in [0.4, 0.5) is 9.59 Å². The molecule has 0 aliphatic carbocycles. The number of carbonyl (C=O) groups excluding carboxylic acids is 2. The lowest BCUT2D eigenvalue weighted by Crippen LogP contribution is -2.67. The van der Waals surface area contributed by atoms with Gasteiger partial charge < -0.3 is 24.5 Å². The Hall–Kier alpha value is -2.84. The first-order valence-corrected chi connectivity index (χ1v) is 15.2. The molecule has 0 aliphatic heterocycles. The summed E-state index contributed by atoms with van der Waals surface area (Å²) < 4.78 is 17.9. The van der Waals surface area contributed by atoms with Crippen LogP contribution in [-0.2, 0) is 13.9 Å². The van der Waals surface area contributed by atoms with Crippen LogP contribution in [0.2, 0.25) is 5.04 Å². The van der Waals surface area contributed by atoms with Crippen LogP contribution >= 0.6 is 0 Å². The van der Waals surface area contributed by atoms with Gasteiger partial charge in [-0.2, -0.15) is 0 Å². The third kappa shape index (κ3) is 9.47. The summed E-state index contributed by atoms with van der Waals surface area (Å²) >= 11 is 0. The largest absolute Gasteiger partial charge is 0.444 e. The summed E-state index contributed by atoms with van der Waals surface area (Å²) in [5.41, 5.74) is -1.23. The van der Waals surface area contributed by atoms with Gasteiger partial charge in [0.1, 0.15) is 11.2 Å². The number of rotatable bonds is 9. The molecule has 0 saturated heterocycles. The molecule has 210 valence electrons. The average Bonchev–Trinajstić information content (AvgIpc) is 2.77. The van der Waals surface area contributed by atoms with Crippen molar-refractivity contribution in [1.82, 2.24) is 10.6 Å². The zero-order valence-corrected chi connectivity index (χ0v) is 25.5. The van der Waals surface area contributed by atoms with Crippen LogP contribution < -0.4 is 21.0 Å². The first kappa shape index (κ1) is 31.4. The van der Waals surface area contributed by atoms with Crippen molar-refractivity contribution in [2.45, 2.75) is 91.0 Å². The highest BCUT2D eigenvalue weighted by Crippen LogP contribution is 2.36. The Kier molecular flexibility index (Phi) is 10.6. The summed E-state index contributed by atoms with van der Waals surface area (Å²) in [4.78, 5) is 24.9. The van der Waals surface area contributed by atoms with Crippen molar-refractivity contribution in [2.75, 3.05) is 13.2 Å². The van der Waals surface area contributed by atoms with E-state index in [-0.39, 0.29) is 11.6 Å². The van der Waals surface area contributed by atoms with Crippen molar-refractivity contribution in [3.63, 3.8) is 0 Å². The van der Waals surface area contributed by atoms with E-state index in [0.29, 0.717) is 13.0 Å². The molecule has 2 N–H and O–H groups in total. The van der Waals surface area contributed by atoms with Crippen molar-refractivity contribution in [3.8, 4) is 0 Å². The maximum absolute atomic E-state index is 12.7. The normalized spacial score (nSPS) is 13.4. The fraction of sp³-hybridized carbons (Fsp3) is 0.533. The van der Waals surface area contributed by atoms with Crippen LogP contribution in [0.1, 0.15) is 68.7 Å². The Morgan fingerprint density at radius 3 is 1.61 bits per heavy atom. The molecule has 0 unspecified atom stereocenters. The molecule has 0 radical (unpaired) electrons. The van der Waals surface area contributed by atoms with E-state index in [9.17, 15) is 9.59 Å². The van der Waals surface area contributed by atoms with Gasteiger partial charge >= 0.3 is 12.2 Å². The Balaban J connectivity index is 2.34. The molecule has 2 amide bonds. The number of carbonyl (C=O) groups is 2. The van der Waals surface area contributed by atoms with Gasteiger partial charge in [-0.25, -0.2) is 9.59 Å². The van der Waals surface area contributed by atoms with Gasteiger partial charge in [-0.3, -0.25) is 0 Å². The summed E-state index contributed by atoms with van der Waals surface area (Å²) in [6, 6.07) is 20.3. The first-order valence-electron chi connectivity index (χ1n) is 13.2. The van der Waals surface area contributed by atoms with E-state index >= 15 is 0 Å². The monoisotopic (exact) mass is 542 g/mol. The number of hydrogen-bond donors (Lipinski definition) is 2. The molecular weight excluding hydrogens is 496 g/mol. The molecule has 0 heterocycles. The number of hydrogen-bond acceptors (Lipinski definition) is 5. The molecule has 2 aromatic rings. The van der Waals surface area contributed by atoms with Gasteiger partial charge in [0.05, 0.1) is 12.6 Å². The topological polar surface area (TPSA) is 85.9 Å². The Morgan fingerprint density at radius 1 is 0.737 bits per heavy atom. The van der Waals surface area contributed by atoms with Crippen LogP contribution in [0.15, 0.2) is 60.7 Å². The summed E-state index contributed by atoms with van der Waals surface area (Å²) in [7, 11) is -2.81. The quantitative estimate of drug-likeness (QED) is 0.416. The maximum Gasteiger partial charge on any atom is 0.407 e. The van der Waals surface area contributed by atoms with Crippen molar-refractivity contribution >= 4 is 30.9 Å². The van der Waals surface area contributed by atoms with E-state index < -0.39 is 37.7 Å². The van der Waals surface area contributed by atoms with Gasteiger partial charge in [-0.1, -0.05) is 81.4 Å². The second kappa shape index (κ2) is 12.8. The summed E-state index contributed by atoms with van der Waals surface area (Å²) in [6.07, 6.45) is -0.580. The average molecular weight is 543 g/mol. The van der Waals surface area contributed by atoms with Gasteiger partial charge in [0.15, 0.2) is 0 Å². The lowest BCUT2D eigenvalue weighted by molar-refractivity contribution is 0.0480. The molecular formula is C30H46N2O5Si. The van der Waals surface area contributed by atoms with Crippen LogP contribution in [0.5, 0.6) is 0 Å². The number of nitrogens with one attached hydrogen (secondary N) is 2. The molecule has 8 heteroatoms. The second-order valence-electron chi connectivity index (χ2n) is 12.5. The minimum absolute atomic E-state index is 0.207. The fourth-order valence-corrected chi connectivity index (χ4v) is 8.93. The highest BCUT2D eigenvalue weighted by atomic mass is 28.4. The van der Waals surface area contributed by atoms with Gasteiger partial charge in [-0.05, 0) is 63.4 Å². The third-order valence-corrected chi connectivity index (χ3v) is 10.8. The zero-order chi connectivity index (χ0) is 28.6. The van der Waals surface area contributed by atoms with Crippen molar-refractivity contribution < 1.29 is 23.5 Å². The third-order valence-electron chi connectivity index (χ3n) is 5.80. The van der Waals surface area contributed by atoms with E-state index in [1.807, 2.05) is 77.9 Å². The highest BCUT2D eigenvalue weighted by Gasteiger charge is 2.50. The number of amides is 2. The van der Waals surface area contributed by atoms with Gasteiger partial charge in [-0.15, -0.1) is 0 Å². The number of ether oxygens (including phenoxy) is 2. The van der Waals surface area contributed by atoms with Gasteiger partial charge in [0.25, 0.3) is 8.32 Å². The Bertz CT molecular complexity index is 985. The predicted molar refractivity (Wildman–Crippen MR) is 156 cm³/mol. The van der Waals surface area contributed by atoms with Crippen LogP contribution in [-0.4, -0.2) is 50.9 Å². The van der Waals surface area contributed by atoms with Crippen LogP contribution in [0.25, 0.3) is 0 Å². The molecule has 2 aromatic carbocycles. The minimum atomic E-state index is -2.81. The smallest absolute Gasteiger partial charge is 0.407 e. The molecule has 0 aromatic heterocycles. The Labute approximate surface area is 229 Å². The van der Waals surface area contributed by atoms with Crippen LogP contribution in [0, 0.1) is 0 Å².